The third-order valence-electron chi connectivity index (χ3n) is 1.22. The van der Waals surface area contributed by atoms with Gasteiger partial charge in [-0.2, -0.15) is 0 Å². The summed E-state index contributed by atoms with van der Waals surface area (Å²) in [5, 5.41) is 0. The molecule has 60 valence electrons. The van der Waals surface area contributed by atoms with Crippen molar-refractivity contribution in [3.05, 3.63) is 28.5 Å². The molecule has 0 spiro atoms. The van der Waals surface area contributed by atoms with Crippen molar-refractivity contribution in [1.82, 2.24) is 0 Å². The zero-order valence-electron chi connectivity index (χ0n) is 6.10. The summed E-state index contributed by atoms with van der Waals surface area (Å²) < 4.78 is 13.7. The Bertz CT molecular complexity index is 250. The molecular formula is C8H8BrFS. The van der Waals surface area contributed by atoms with Gasteiger partial charge < -0.3 is 0 Å². The van der Waals surface area contributed by atoms with Gasteiger partial charge in [0.15, 0.2) is 5.82 Å². The fourth-order valence-corrected chi connectivity index (χ4v) is 1.97. The smallest absolute Gasteiger partial charge is 0.150 e. The lowest BCUT2D eigenvalue weighted by molar-refractivity contribution is 0.595. The predicted molar refractivity (Wildman–Crippen MR) is 50.5 cm³/mol. The van der Waals surface area contributed by atoms with Gasteiger partial charge in [-0.3, -0.25) is 0 Å². The van der Waals surface area contributed by atoms with Gasteiger partial charge in [0.1, 0.15) is 0 Å². The minimum atomic E-state index is -0.153. The third-order valence-corrected chi connectivity index (χ3v) is 2.74. The number of benzene rings is 1. The van der Waals surface area contributed by atoms with E-state index in [4.69, 9.17) is 0 Å². The monoisotopic (exact) mass is 234 g/mol. The van der Waals surface area contributed by atoms with Crippen molar-refractivity contribution in [3.63, 3.8) is 0 Å². The first-order valence-corrected chi connectivity index (χ1v) is 5.10. The molecule has 3 heteroatoms. The Morgan fingerprint density at radius 1 is 1.55 bits per heavy atom. The summed E-state index contributed by atoms with van der Waals surface area (Å²) >= 11 is 4.64. The number of thioether (sulfide) groups is 1. The first-order chi connectivity index (χ1) is 5.25. The Balaban J connectivity index is 2.96. The maximum Gasteiger partial charge on any atom is 0.150 e. The standard InChI is InChI=1S/C8H8BrFS/c1-2-11-7-5-3-4-6(9)8(7)10/h3-5H,2H2,1H3. The van der Waals surface area contributed by atoms with Gasteiger partial charge in [0.25, 0.3) is 0 Å². The van der Waals surface area contributed by atoms with Crippen LogP contribution < -0.4 is 0 Å². The predicted octanol–water partition coefficient (Wildman–Crippen LogP) is 3.70. The molecule has 0 radical (unpaired) electrons. The van der Waals surface area contributed by atoms with Crippen molar-refractivity contribution in [2.45, 2.75) is 11.8 Å². The largest absolute Gasteiger partial charge is 0.205 e. The minimum absolute atomic E-state index is 0.153. The summed E-state index contributed by atoms with van der Waals surface area (Å²) in [7, 11) is 0. The molecular weight excluding hydrogens is 227 g/mol. The SMILES string of the molecule is CCSc1cccc(Br)c1F. The first-order valence-electron chi connectivity index (χ1n) is 3.32. The van der Waals surface area contributed by atoms with Crippen LogP contribution in [0.2, 0.25) is 0 Å². The molecule has 0 aliphatic carbocycles. The summed E-state index contributed by atoms with van der Waals surface area (Å²) in [4.78, 5) is 0.710. The molecule has 0 aliphatic rings. The van der Waals surface area contributed by atoms with Gasteiger partial charge in [-0.05, 0) is 33.8 Å². The Labute approximate surface area is 78.3 Å². The fraction of sp³-hybridized carbons (Fsp3) is 0.250. The molecule has 1 rings (SSSR count). The van der Waals surface area contributed by atoms with Crippen LogP contribution in [0.5, 0.6) is 0 Å². The van der Waals surface area contributed by atoms with E-state index in [2.05, 4.69) is 15.9 Å². The van der Waals surface area contributed by atoms with E-state index in [1.807, 2.05) is 13.0 Å². The lowest BCUT2D eigenvalue weighted by atomic mass is 10.3. The van der Waals surface area contributed by atoms with Crippen molar-refractivity contribution in [3.8, 4) is 0 Å². The fourth-order valence-electron chi connectivity index (χ4n) is 0.751. The van der Waals surface area contributed by atoms with E-state index in [1.54, 1.807) is 12.1 Å². The highest BCUT2D eigenvalue weighted by molar-refractivity contribution is 9.10. The van der Waals surface area contributed by atoms with Crippen LogP contribution in [0.25, 0.3) is 0 Å². The second-order valence-electron chi connectivity index (χ2n) is 1.98. The van der Waals surface area contributed by atoms with E-state index in [1.165, 1.54) is 11.8 Å². The number of hydrogen-bond acceptors (Lipinski definition) is 1. The van der Waals surface area contributed by atoms with E-state index in [-0.39, 0.29) is 5.82 Å². The summed E-state index contributed by atoms with van der Waals surface area (Å²) in [6, 6.07) is 5.33. The lowest BCUT2D eigenvalue weighted by Gasteiger charge is -2.00. The molecule has 11 heavy (non-hydrogen) atoms. The summed E-state index contributed by atoms with van der Waals surface area (Å²) in [5.41, 5.74) is 0. The van der Waals surface area contributed by atoms with Gasteiger partial charge in [-0.1, -0.05) is 13.0 Å². The average Bonchev–Trinajstić information content (AvgIpc) is 1.99. The topological polar surface area (TPSA) is 0 Å². The molecule has 0 amide bonds. The molecule has 0 saturated carbocycles. The summed E-state index contributed by atoms with van der Waals surface area (Å²) in [6.45, 7) is 2.00. The molecule has 0 aliphatic heterocycles. The summed E-state index contributed by atoms with van der Waals surface area (Å²) in [6.07, 6.45) is 0. The molecule has 0 unspecified atom stereocenters. The van der Waals surface area contributed by atoms with Crippen molar-refractivity contribution in [1.29, 1.82) is 0 Å². The molecule has 0 saturated heterocycles. The van der Waals surface area contributed by atoms with Crippen LogP contribution in [-0.4, -0.2) is 5.75 Å². The van der Waals surface area contributed by atoms with Gasteiger partial charge in [-0.15, -0.1) is 11.8 Å². The van der Waals surface area contributed by atoms with E-state index >= 15 is 0 Å². The maximum atomic E-state index is 13.1. The molecule has 0 N–H and O–H groups in total. The second kappa shape index (κ2) is 4.12. The molecule has 0 fully saturated rings. The molecule has 0 aromatic heterocycles. The van der Waals surface area contributed by atoms with Gasteiger partial charge in [-0.25, -0.2) is 4.39 Å². The van der Waals surface area contributed by atoms with Crippen LogP contribution >= 0.6 is 27.7 Å². The van der Waals surface area contributed by atoms with E-state index in [0.29, 0.717) is 9.37 Å². The normalized spacial score (nSPS) is 10.1. The number of rotatable bonds is 2. The van der Waals surface area contributed by atoms with Gasteiger partial charge in [0.05, 0.1) is 4.47 Å². The van der Waals surface area contributed by atoms with Gasteiger partial charge in [0, 0.05) is 4.90 Å². The van der Waals surface area contributed by atoms with E-state index in [0.717, 1.165) is 5.75 Å². The van der Waals surface area contributed by atoms with Crippen LogP contribution in [0, 0.1) is 5.82 Å². The van der Waals surface area contributed by atoms with Crippen molar-refractivity contribution < 1.29 is 4.39 Å². The molecule has 0 nitrogen and oxygen atoms in total. The van der Waals surface area contributed by atoms with Crippen molar-refractivity contribution in [2.75, 3.05) is 5.75 Å². The molecule has 0 heterocycles. The van der Waals surface area contributed by atoms with Crippen LogP contribution in [0.3, 0.4) is 0 Å². The minimum Gasteiger partial charge on any atom is -0.205 e. The Kier molecular flexibility index (Phi) is 3.40. The lowest BCUT2D eigenvalue weighted by Crippen LogP contribution is -1.82. The van der Waals surface area contributed by atoms with Crippen LogP contribution in [-0.2, 0) is 0 Å². The average molecular weight is 235 g/mol. The van der Waals surface area contributed by atoms with Gasteiger partial charge >= 0.3 is 0 Å². The molecule has 1 aromatic carbocycles. The van der Waals surface area contributed by atoms with Crippen molar-refractivity contribution in [2.24, 2.45) is 0 Å². The van der Waals surface area contributed by atoms with E-state index < -0.39 is 0 Å². The highest BCUT2D eigenvalue weighted by atomic mass is 79.9. The molecule has 1 aromatic rings. The van der Waals surface area contributed by atoms with Gasteiger partial charge in [0.2, 0.25) is 0 Å². The Morgan fingerprint density at radius 3 is 2.91 bits per heavy atom. The molecule has 0 bridgehead atoms. The number of hydrogen-bond donors (Lipinski definition) is 0. The quantitative estimate of drug-likeness (QED) is 0.704. The zero-order chi connectivity index (χ0) is 8.27. The Morgan fingerprint density at radius 2 is 2.27 bits per heavy atom. The third kappa shape index (κ3) is 2.20. The Hall–Kier alpha value is -0.0200. The highest BCUT2D eigenvalue weighted by Gasteiger charge is 2.03. The maximum absolute atomic E-state index is 13.1. The number of halogens is 2. The first kappa shape index (κ1) is 9.07. The van der Waals surface area contributed by atoms with Crippen LogP contribution in [0.15, 0.2) is 27.6 Å². The van der Waals surface area contributed by atoms with E-state index in [9.17, 15) is 4.39 Å². The van der Waals surface area contributed by atoms with Crippen LogP contribution in [0.4, 0.5) is 4.39 Å². The van der Waals surface area contributed by atoms with Crippen molar-refractivity contribution >= 4 is 27.7 Å². The summed E-state index contributed by atoms with van der Waals surface area (Å²) in [5.74, 6) is 0.743. The highest BCUT2D eigenvalue weighted by Crippen LogP contribution is 2.26. The molecule has 0 atom stereocenters. The van der Waals surface area contributed by atoms with Crippen LogP contribution in [0.1, 0.15) is 6.92 Å². The second-order valence-corrected chi connectivity index (χ2v) is 4.15. The zero-order valence-corrected chi connectivity index (χ0v) is 8.51.